The summed E-state index contributed by atoms with van der Waals surface area (Å²) in [5, 5.41) is 18.3. The number of phenolic OH excluding ortho intramolecular Hbond substituents is 1. The van der Waals surface area contributed by atoms with Crippen LogP contribution in [-0.2, 0) is 26.2 Å². The van der Waals surface area contributed by atoms with Crippen molar-refractivity contribution in [1.82, 2.24) is 9.78 Å². The molecule has 1 N–H and O–H groups in total. The minimum atomic E-state index is -1.40. The van der Waals surface area contributed by atoms with Crippen LogP contribution in [0.5, 0.6) is 17.2 Å². The molecule has 11 nitrogen and oxygen atoms in total. The molecule has 6 atom stereocenters. The summed E-state index contributed by atoms with van der Waals surface area (Å²) in [6.07, 6.45) is 6.16. The molecule has 4 heterocycles. The molecule has 1 saturated carbocycles. The quantitative estimate of drug-likeness (QED) is 0.0907. The number of carbonyl (C=O) groups is 4. The molecule has 4 aliphatic rings. The Bertz CT molecular complexity index is 3050. The Morgan fingerprint density at radius 1 is 0.844 bits per heavy atom. The van der Waals surface area contributed by atoms with Gasteiger partial charge >= 0.3 is 0 Å². The lowest BCUT2D eigenvalue weighted by molar-refractivity contribution is -0.131. The first-order chi connectivity index (χ1) is 30.7. The number of phenols is 1. The van der Waals surface area contributed by atoms with E-state index < -0.39 is 46.8 Å². The first-order valence-electron chi connectivity index (χ1n) is 20.9. The number of aromatic hydroxyl groups is 1. The number of benzene rings is 4. The number of aryl methyl sites for hydroxylation is 2. The highest BCUT2D eigenvalue weighted by Gasteiger charge is 2.68. The molecule has 3 fully saturated rings. The smallest absolute Gasteiger partial charge is 0.242 e. The lowest BCUT2D eigenvalue weighted by atomic mass is 9.51. The summed E-state index contributed by atoms with van der Waals surface area (Å²) in [5.74, 6) is -3.80. The third-order valence-corrected chi connectivity index (χ3v) is 15.6. The highest BCUT2D eigenvalue weighted by Crippen LogP contribution is 2.64. The van der Waals surface area contributed by atoms with Crippen molar-refractivity contribution in [3.63, 3.8) is 0 Å². The number of allylic oxidation sites excluding steroid dienone is 2. The molecule has 4 amide bonds. The van der Waals surface area contributed by atoms with E-state index >= 15 is 9.59 Å². The molecule has 64 heavy (non-hydrogen) atoms. The Labute approximate surface area is 383 Å². The van der Waals surface area contributed by atoms with Crippen LogP contribution in [0.1, 0.15) is 47.9 Å². The minimum absolute atomic E-state index is 0.0886. The van der Waals surface area contributed by atoms with E-state index in [-0.39, 0.29) is 30.4 Å². The minimum Gasteiger partial charge on any atom is -0.508 e. The van der Waals surface area contributed by atoms with E-state index in [9.17, 15) is 14.7 Å². The molecule has 0 spiro atoms. The lowest BCUT2D eigenvalue weighted by Crippen LogP contribution is -2.49. The predicted molar refractivity (Wildman–Crippen MR) is 249 cm³/mol. The van der Waals surface area contributed by atoms with Crippen LogP contribution in [0.25, 0.3) is 32.8 Å². The van der Waals surface area contributed by atoms with Crippen LogP contribution in [0.2, 0.25) is 10.0 Å². The van der Waals surface area contributed by atoms with Crippen LogP contribution < -0.4 is 19.3 Å². The van der Waals surface area contributed by atoms with Crippen molar-refractivity contribution >= 4 is 91.9 Å². The number of ether oxygens (including phenoxy) is 2. The number of rotatable bonds is 8. The van der Waals surface area contributed by atoms with E-state index in [2.05, 4.69) is 0 Å². The standard InChI is InChI=1S/C50H42Cl2N4O7S/c1-25-34-21-29(52)11-19-41(34)64-45(25)38-24-42(54(3)53-38)56-47(59)37-23-35-32(44(50(37,2)49(56)61)36-22-28(51)10-17-39(36)57)15-16-33-43(35)48(60)55(46(33)58)30-12-7-26(8-13-30)6-9-27-20-31(62-4)14-18-40(27)63-5/h6-15,17-22,24,33,35,37,43-44,57H,16,23H2,1-5H3/t33-,35+,37-,43-,44+,50+/m0/s1. The fourth-order valence-electron chi connectivity index (χ4n) is 10.7. The number of amides is 4. The number of thiophene rings is 1. The Kier molecular flexibility index (Phi) is 10.1. The van der Waals surface area contributed by atoms with Gasteiger partial charge in [-0.3, -0.25) is 28.8 Å². The van der Waals surface area contributed by atoms with Crippen molar-refractivity contribution in [2.75, 3.05) is 24.0 Å². The second kappa shape index (κ2) is 15.5. The van der Waals surface area contributed by atoms with Gasteiger partial charge in [0.25, 0.3) is 0 Å². The normalized spacial score (nSPS) is 24.1. The van der Waals surface area contributed by atoms with Gasteiger partial charge in [-0.25, -0.2) is 4.90 Å². The summed E-state index contributed by atoms with van der Waals surface area (Å²) in [5.41, 5.74) is 3.41. The first-order valence-corrected chi connectivity index (χ1v) is 22.5. The fraction of sp³-hybridized carbons (Fsp3) is 0.260. The van der Waals surface area contributed by atoms with Crippen molar-refractivity contribution < 1.29 is 33.8 Å². The zero-order valence-electron chi connectivity index (χ0n) is 35.5. The Hall–Kier alpha value is -6.21. The summed E-state index contributed by atoms with van der Waals surface area (Å²) in [7, 11) is 4.91. The second-order valence-electron chi connectivity index (χ2n) is 17.1. The molecular weight excluding hydrogens is 872 g/mol. The number of aromatic nitrogens is 2. The number of carbonyl (C=O) groups excluding carboxylic acids is 4. The van der Waals surface area contributed by atoms with E-state index in [4.69, 9.17) is 37.8 Å². The molecule has 10 rings (SSSR count). The second-order valence-corrected chi connectivity index (χ2v) is 19.0. The maximum atomic E-state index is 15.2. The summed E-state index contributed by atoms with van der Waals surface area (Å²) < 4.78 is 13.5. The first kappa shape index (κ1) is 41.8. The van der Waals surface area contributed by atoms with Gasteiger partial charge in [0.1, 0.15) is 28.8 Å². The molecule has 14 heteroatoms. The third-order valence-electron chi connectivity index (χ3n) is 13.8. The number of methoxy groups -OCH3 is 2. The maximum absolute atomic E-state index is 15.2. The molecule has 2 aliphatic carbocycles. The van der Waals surface area contributed by atoms with Crippen molar-refractivity contribution in [3.05, 3.63) is 129 Å². The van der Waals surface area contributed by atoms with Crippen LogP contribution in [-0.4, -0.2) is 52.7 Å². The lowest BCUT2D eigenvalue weighted by Gasteiger charge is -2.49. The topological polar surface area (TPSA) is 131 Å². The fourth-order valence-corrected chi connectivity index (χ4v) is 12.2. The van der Waals surface area contributed by atoms with E-state index in [0.717, 1.165) is 37.2 Å². The number of fused-ring (bicyclic) bond motifs is 5. The van der Waals surface area contributed by atoms with E-state index in [1.807, 2.05) is 73.7 Å². The Morgan fingerprint density at radius 2 is 1.59 bits per heavy atom. The number of nitrogens with zero attached hydrogens (tertiary/aromatic N) is 4. The number of hydrogen-bond donors (Lipinski definition) is 1. The van der Waals surface area contributed by atoms with Gasteiger partial charge in [0.15, 0.2) is 0 Å². The Balaban J connectivity index is 0.999. The van der Waals surface area contributed by atoms with Crippen LogP contribution in [0.15, 0.2) is 96.6 Å². The van der Waals surface area contributed by atoms with E-state index in [1.165, 1.54) is 15.9 Å². The molecule has 0 bridgehead atoms. The van der Waals surface area contributed by atoms with Crippen LogP contribution in [0, 0.1) is 36.0 Å². The molecule has 2 saturated heterocycles. The largest absolute Gasteiger partial charge is 0.508 e. The monoisotopic (exact) mass is 912 g/mol. The molecule has 6 aromatic rings. The maximum Gasteiger partial charge on any atom is 0.242 e. The van der Waals surface area contributed by atoms with Gasteiger partial charge in [-0.2, -0.15) is 5.10 Å². The van der Waals surface area contributed by atoms with Gasteiger partial charge in [0.2, 0.25) is 23.6 Å². The summed E-state index contributed by atoms with van der Waals surface area (Å²) >= 11 is 14.5. The molecule has 4 aromatic carbocycles. The van der Waals surface area contributed by atoms with Crippen molar-refractivity contribution in [1.29, 1.82) is 0 Å². The molecule has 0 radical (unpaired) electrons. The predicted octanol–water partition coefficient (Wildman–Crippen LogP) is 10.2. The van der Waals surface area contributed by atoms with Crippen molar-refractivity contribution in [2.24, 2.45) is 36.1 Å². The molecule has 2 aliphatic heterocycles. The van der Waals surface area contributed by atoms with Gasteiger partial charge in [-0.15, -0.1) is 11.3 Å². The van der Waals surface area contributed by atoms with Crippen LogP contribution in [0.4, 0.5) is 11.5 Å². The van der Waals surface area contributed by atoms with Gasteiger partial charge in [-0.05, 0) is 116 Å². The number of anilines is 2. The highest BCUT2D eigenvalue weighted by molar-refractivity contribution is 7.22. The number of hydrogen-bond acceptors (Lipinski definition) is 9. The molecule has 324 valence electrons. The van der Waals surface area contributed by atoms with Crippen molar-refractivity contribution in [3.8, 4) is 27.8 Å². The van der Waals surface area contributed by atoms with E-state index in [1.54, 1.807) is 74.5 Å². The zero-order chi connectivity index (χ0) is 44.9. The van der Waals surface area contributed by atoms with Gasteiger partial charge in [0, 0.05) is 44.9 Å². The molecular formula is C50H42Cl2N4O7S. The van der Waals surface area contributed by atoms with Crippen LogP contribution in [0.3, 0.4) is 0 Å². The van der Waals surface area contributed by atoms with Gasteiger partial charge in [0.05, 0.1) is 48.0 Å². The van der Waals surface area contributed by atoms with Crippen molar-refractivity contribution in [2.45, 2.75) is 32.6 Å². The molecule has 0 unspecified atom stereocenters. The number of halogens is 2. The summed E-state index contributed by atoms with van der Waals surface area (Å²) in [4.78, 5) is 62.8. The van der Waals surface area contributed by atoms with Gasteiger partial charge in [-0.1, -0.05) is 59.1 Å². The average molecular weight is 914 g/mol. The SMILES string of the molecule is COc1ccc(OC)c(C=Cc2ccc(N3C(=O)[C@H]4[C@H](CC=C5[C@H]4C[C@H]4C(=O)N(c6cc(-c7sc8ccc(Cl)cc8c7C)nn6C)C(=O)[C@@]4(C)[C@H]5c4cc(Cl)ccc4O)C3=O)cc2)c1. The average Bonchev–Trinajstić information content (AvgIpc) is 3.96. The highest BCUT2D eigenvalue weighted by atomic mass is 35.5. The zero-order valence-corrected chi connectivity index (χ0v) is 37.8. The molecule has 2 aromatic heterocycles. The van der Waals surface area contributed by atoms with Crippen LogP contribution >= 0.6 is 34.5 Å². The summed E-state index contributed by atoms with van der Waals surface area (Å²) in [6, 6.07) is 24.9. The van der Waals surface area contributed by atoms with Gasteiger partial charge < -0.3 is 14.6 Å². The Morgan fingerprint density at radius 3 is 2.34 bits per heavy atom. The number of imide groups is 2. The van der Waals surface area contributed by atoms with E-state index in [0.29, 0.717) is 44.3 Å². The summed E-state index contributed by atoms with van der Waals surface area (Å²) in [6.45, 7) is 3.77. The third kappa shape index (κ3) is 6.32.